The van der Waals surface area contributed by atoms with Crippen LogP contribution in [0.15, 0.2) is 42.6 Å². The molecular formula is C27H29F2N3O3. The number of aromatic nitrogens is 2. The zero-order valence-electron chi connectivity index (χ0n) is 19.5. The molecule has 1 N–H and O–H groups in total. The van der Waals surface area contributed by atoms with E-state index in [1.165, 1.54) is 17.7 Å². The zero-order chi connectivity index (χ0) is 24.5. The maximum absolute atomic E-state index is 13.3. The van der Waals surface area contributed by atoms with E-state index in [2.05, 4.69) is 9.55 Å². The van der Waals surface area contributed by atoms with Crippen LogP contribution in [0, 0.1) is 11.8 Å². The zero-order valence-corrected chi connectivity index (χ0v) is 19.5. The fraction of sp³-hybridized carbons (Fsp3) is 0.444. The third kappa shape index (κ3) is 4.79. The minimum Gasteiger partial charge on any atom is -0.481 e. The van der Waals surface area contributed by atoms with E-state index in [0.717, 1.165) is 41.6 Å². The fourth-order valence-corrected chi connectivity index (χ4v) is 5.64. The van der Waals surface area contributed by atoms with Crippen molar-refractivity contribution in [1.82, 2.24) is 14.5 Å². The molecule has 1 saturated carbocycles. The van der Waals surface area contributed by atoms with Crippen LogP contribution < -0.4 is 0 Å². The number of carbonyl (C=O) groups excluding carboxylic acids is 1. The van der Waals surface area contributed by atoms with Crippen molar-refractivity contribution < 1.29 is 23.5 Å². The fourth-order valence-electron chi connectivity index (χ4n) is 5.64. The molecule has 8 heteroatoms. The van der Waals surface area contributed by atoms with Gasteiger partial charge in [-0.3, -0.25) is 9.59 Å². The number of halogens is 2. The molecular weight excluding hydrogens is 452 g/mol. The van der Waals surface area contributed by atoms with E-state index >= 15 is 0 Å². The van der Waals surface area contributed by atoms with Gasteiger partial charge in [0.15, 0.2) is 0 Å². The van der Waals surface area contributed by atoms with E-state index in [-0.39, 0.29) is 23.3 Å². The predicted octanol–water partition coefficient (Wildman–Crippen LogP) is 5.19. The smallest absolute Gasteiger partial charge is 0.306 e. The van der Waals surface area contributed by atoms with Gasteiger partial charge in [0.05, 0.1) is 12.5 Å². The number of fused-ring (bicyclic) bond motifs is 3. The summed E-state index contributed by atoms with van der Waals surface area (Å²) in [7, 11) is 0. The summed E-state index contributed by atoms with van der Waals surface area (Å²) in [5.74, 6) is -0.701. The number of benzene rings is 1. The van der Waals surface area contributed by atoms with Crippen LogP contribution in [0.2, 0.25) is 0 Å². The van der Waals surface area contributed by atoms with Gasteiger partial charge in [0.25, 0.3) is 6.43 Å². The lowest BCUT2D eigenvalue weighted by Gasteiger charge is -2.31. The van der Waals surface area contributed by atoms with Gasteiger partial charge in [-0.25, -0.2) is 13.8 Å². The highest BCUT2D eigenvalue weighted by molar-refractivity contribution is 5.84. The minimum atomic E-state index is -2.53. The number of hydrogen-bond acceptors (Lipinski definition) is 3. The third-order valence-corrected chi connectivity index (χ3v) is 7.57. The molecule has 0 atom stereocenters. The highest BCUT2D eigenvalue weighted by Gasteiger charge is 2.31. The number of carboxylic acids is 1. The number of alkyl halides is 2. The number of carbonyl (C=O) groups is 2. The van der Waals surface area contributed by atoms with Crippen molar-refractivity contribution in [3.8, 4) is 0 Å². The molecule has 1 aliphatic carbocycles. The number of nitrogens with zero attached hydrogens (tertiary/aromatic N) is 3. The molecule has 5 rings (SSSR count). The summed E-state index contributed by atoms with van der Waals surface area (Å²) in [4.78, 5) is 30.9. The van der Waals surface area contributed by atoms with E-state index in [1.807, 2.05) is 23.1 Å². The molecule has 1 aliphatic heterocycles. The van der Waals surface area contributed by atoms with E-state index in [9.17, 15) is 23.5 Å². The highest BCUT2D eigenvalue weighted by Crippen LogP contribution is 2.34. The first kappa shape index (κ1) is 23.5. The lowest BCUT2D eigenvalue weighted by atomic mass is 9.80. The summed E-state index contributed by atoms with van der Waals surface area (Å²) < 4.78 is 28.6. The van der Waals surface area contributed by atoms with Crippen LogP contribution in [0.4, 0.5) is 8.78 Å². The number of amides is 1. The Morgan fingerprint density at radius 3 is 2.66 bits per heavy atom. The van der Waals surface area contributed by atoms with Crippen molar-refractivity contribution in [3.05, 3.63) is 65.0 Å². The van der Waals surface area contributed by atoms with Gasteiger partial charge < -0.3 is 14.6 Å². The van der Waals surface area contributed by atoms with Crippen LogP contribution in [0.5, 0.6) is 0 Å². The normalized spacial score (nSPS) is 20.3. The number of rotatable bonds is 6. The Bertz CT molecular complexity index is 1250. The molecule has 184 valence electrons. The van der Waals surface area contributed by atoms with E-state index in [1.54, 1.807) is 12.3 Å². The Kier molecular flexibility index (Phi) is 6.54. The molecule has 6 nitrogen and oxygen atoms in total. The molecule has 35 heavy (non-hydrogen) atoms. The highest BCUT2D eigenvalue weighted by atomic mass is 19.3. The molecule has 0 bridgehead atoms. The second kappa shape index (κ2) is 9.76. The molecule has 3 heterocycles. The minimum absolute atomic E-state index is 0.00443. The average Bonchev–Trinajstić information content (AvgIpc) is 3.17. The second-order valence-electron chi connectivity index (χ2n) is 9.76. The van der Waals surface area contributed by atoms with Gasteiger partial charge in [0.2, 0.25) is 5.91 Å². The Hall–Kier alpha value is -3.29. The van der Waals surface area contributed by atoms with Gasteiger partial charge in [0.1, 0.15) is 5.65 Å². The molecule has 1 aromatic carbocycles. The van der Waals surface area contributed by atoms with E-state index in [4.69, 9.17) is 0 Å². The number of pyridine rings is 1. The molecule has 2 aromatic heterocycles. The van der Waals surface area contributed by atoms with Gasteiger partial charge >= 0.3 is 5.97 Å². The lowest BCUT2D eigenvalue weighted by molar-refractivity contribution is -0.143. The summed E-state index contributed by atoms with van der Waals surface area (Å²) >= 11 is 0. The molecule has 3 aromatic rings. The van der Waals surface area contributed by atoms with E-state index in [0.29, 0.717) is 38.9 Å². The van der Waals surface area contributed by atoms with Crippen LogP contribution in [0.25, 0.3) is 11.0 Å². The Balaban J connectivity index is 1.36. The quantitative estimate of drug-likeness (QED) is 0.526. The largest absolute Gasteiger partial charge is 0.481 e. The maximum atomic E-state index is 13.3. The van der Waals surface area contributed by atoms with Crippen molar-refractivity contribution >= 4 is 22.9 Å². The summed E-state index contributed by atoms with van der Waals surface area (Å²) in [6, 6.07) is 10.4. The third-order valence-electron chi connectivity index (χ3n) is 7.57. The maximum Gasteiger partial charge on any atom is 0.306 e. The standard InChI is InChI=1S/C27H29F2N3O3/c28-25(29)20-4-1-3-18(13-20)15-32-23-16-31(12-10-21(23)22-5-2-11-30-26(22)32)24(33)14-17-6-8-19(9-7-17)27(34)35/h1-5,11,13,17,19,25H,6-10,12,14-16H2,(H,34,35)/t17-,19-. The summed E-state index contributed by atoms with van der Waals surface area (Å²) in [6.45, 7) is 1.50. The second-order valence-corrected chi connectivity index (χ2v) is 9.76. The van der Waals surface area contributed by atoms with Crippen molar-refractivity contribution in [2.24, 2.45) is 11.8 Å². The molecule has 0 unspecified atom stereocenters. The predicted molar refractivity (Wildman–Crippen MR) is 127 cm³/mol. The van der Waals surface area contributed by atoms with Crippen molar-refractivity contribution in [3.63, 3.8) is 0 Å². The number of hydrogen-bond donors (Lipinski definition) is 1. The lowest BCUT2D eigenvalue weighted by Crippen LogP contribution is -2.38. The van der Waals surface area contributed by atoms with Crippen molar-refractivity contribution in [2.75, 3.05) is 6.54 Å². The van der Waals surface area contributed by atoms with Gasteiger partial charge in [-0.2, -0.15) is 0 Å². The monoisotopic (exact) mass is 481 g/mol. The van der Waals surface area contributed by atoms with E-state index < -0.39 is 12.4 Å². The van der Waals surface area contributed by atoms with Crippen LogP contribution in [0.3, 0.4) is 0 Å². The van der Waals surface area contributed by atoms with Gasteiger partial charge in [-0.15, -0.1) is 0 Å². The molecule has 0 radical (unpaired) electrons. The average molecular weight is 482 g/mol. The van der Waals surface area contributed by atoms with Crippen molar-refractivity contribution in [2.45, 2.75) is 58.0 Å². The molecule has 0 spiro atoms. The first-order valence-electron chi connectivity index (χ1n) is 12.2. The number of carboxylic acid groups (broad SMARTS) is 1. The van der Waals surface area contributed by atoms with Crippen LogP contribution in [-0.2, 0) is 29.1 Å². The van der Waals surface area contributed by atoms with Crippen LogP contribution >= 0.6 is 0 Å². The Morgan fingerprint density at radius 2 is 1.91 bits per heavy atom. The van der Waals surface area contributed by atoms with Crippen molar-refractivity contribution in [1.29, 1.82) is 0 Å². The Morgan fingerprint density at radius 1 is 1.11 bits per heavy atom. The number of aliphatic carboxylic acids is 1. The first-order valence-corrected chi connectivity index (χ1v) is 12.2. The van der Waals surface area contributed by atoms with Gasteiger partial charge in [-0.1, -0.05) is 18.2 Å². The van der Waals surface area contributed by atoms with Crippen LogP contribution in [-0.4, -0.2) is 38.0 Å². The summed E-state index contributed by atoms with van der Waals surface area (Å²) in [5, 5.41) is 10.3. The summed E-state index contributed by atoms with van der Waals surface area (Å²) in [5.41, 5.74) is 3.75. The molecule has 1 fully saturated rings. The SMILES string of the molecule is O=C(C[C@H]1CC[C@H](C(=O)O)CC1)N1CCc2c(n(Cc3cccc(C(F)F)c3)c3ncccc23)C1. The molecule has 2 aliphatic rings. The van der Waals surface area contributed by atoms with Crippen LogP contribution in [0.1, 0.15) is 60.9 Å². The van der Waals surface area contributed by atoms with Gasteiger partial charge in [-0.05, 0) is 67.3 Å². The van der Waals surface area contributed by atoms with Gasteiger partial charge in [0, 0.05) is 42.4 Å². The molecule has 1 amide bonds. The summed E-state index contributed by atoms with van der Waals surface area (Å²) in [6.07, 6.45) is 3.18. The topological polar surface area (TPSA) is 75.4 Å². The Labute approximate surface area is 202 Å². The molecule has 0 saturated heterocycles. The first-order chi connectivity index (χ1) is 16.9.